The lowest BCUT2D eigenvalue weighted by atomic mass is 10.1. The number of benzene rings is 1. The third kappa shape index (κ3) is 2.42. The lowest BCUT2D eigenvalue weighted by molar-refractivity contribution is 0.174. The third-order valence-electron chi connectivity index (χ3n) is 2.24. The minimum Gasteiger partial charge on any atom is -0.454 e. The second-order valence-electron chi connectivity index (χ2n) is 3.57. The highest BCUT2D eigenvalue weighted by Crippen LogP contribution is 2.32. The summed E-state index contributed by atoms with van der Waals surface area (Å²) in [6.45, 7) is -0.165. The van der Waals surface area contributed by atoms with Crippen molar-refractivity contribution in [1.29, 1.82) is 0 Å². The fourth-order valence-corrected chi connectivity index (χ4v) is 1.61. The first-order valence-electron chi connectivity index (χ1n) is 6.93. The molecule has 2 rings (SSSR count). The number of likely N-dealkylation sites (N-methyl/N-ethyl adjacent to an activating group) is 1. The highest BCUT2D eigenvalue weighted by Gasteiger charge is 2.13. The Morgan fingerprint density at radius 1 is 1.53 bits per heavy atom. The Hall–Kier alpha value is -1.22. The molecular weight excluding hydrogens is 190 g/mol. The van der Waals surface area contributed by atoms with Gasteiger partial charge in [-0.15, -0.1) is 0 Å². The largest absolute Gasteiger partial charge is 0.454 e. The van der Waals surface area contributed by atoms with Crippen LogP contribution in [-0.2, 0) is 6.42 Å². The zero-order valence-corrected chi connectivity index (χ0v) is 8.83. The molecule has 1 atom stereocenters. The summed E-state index contributed by atoms with van der Waals surface area (Å²) in [4.78, 5) is 0. The van der Waals surface area contributed by atoms with E-state index in [0.717, 1.165) is 5.56 Å². The van der Waals surface area contributed by atoms with Gasteiger partial charge in [-0.2, -0.15) is 0 Å². The fraction of sp³-hybridized carbons (Fsp3) is 0.500. The SMILES string of the molecule is [2H]C([2H])(C)N[C@@H](C)Cc1ccc2c(c1)OC([2H])([2H])O2. The Kier molecular flexibility index (Phi) is 1.93. The van der Waals surface area contributed by atoms with E-state index in [1.54, 1.807) is 12.1 Å². The van der Waals surface area contributed by atoms with Crippen LogP contribution < -0.4 is 14.8 Å². The molecule has 1 aromatic rings. The zero-order chi connectivity index (χ0) is 14.3. The van der Waals surface area contributed by atoms with Gasteiger partial charge in [0.15, 0.2) is 11.5 Å². The maximum absolute atomic E-state index is 7.46. The van der Waals surface area contributed by atoms with Crippen LogP contribution in [0.2, 0.25) is 0 Å². The van der Waals surface area contributed by atoms with Gasteiger partial charge < -0.3 is 14.8 Å². The molecule has 0 bridgehead atoms. The predicted octanol–water partition coefficient (Wildman–Crippen LogP) is 1.96. The fourth-order valence-electron chi connectivity index (χ4n) is 1.61. The molecule has 1 aliphatic rings. The molecule has 3 nitrogen and oxygen atoms in total. The van der Waals surface area contributed by atoms with Crippen molar-refractivity contribution in [2.24, 2.45) is 0 Å². The molecule has 1 aromatic carbocycles. The molecule has 0 aliphatic carbocycles. The second kappa shape index (κ2) is 4.53. The Morgan fingerprint density at radius 3 is 3.13 bits per heavy atom. The van der Waals surface area contributed by atoms with E-state index in [-0.39, 0.29) is 6.04 Å². The lowest BCUT2D eigenvalue weighted by Crippen LogP contribution is -2.27. The summed E-state index contributed by atoms with van der Waals surface area (Å²) in [5, 5.41) is 2.84. The summed E-state index contributed by atoms with van der Waals surface area (Å²) in [6.07, 6.45) is 0.618. The summed E-state index contributed by atoms with van der Waals surface area (Å²) < 4.78 is 39.7. The van der Waals surface area contributed by atoms with Crippen molar-refractivity contribution in [3.8, 4) is 11.5 Å². The van der Waals surface area contributed by atoms with Gasteiger partial charge >= 0.3 is 0 Å². The monoisotopic (exact) mass is 211 g/mol. The molecule has 0 saturated carbocycles. The van der Waals surface area contributed by atoms with Gasteiger partial charge in [0.2, 0.25) is 6.75 Å². The molecule has 1 N–H and O–H groups in total. The van der Waals surface area contributed by atoms with Crippen LogP contribution in [0.5, 0.6) is 11.5 Å². The number of nitrogens with one attached hydrogen (secondary N) is 1. The maximum atomic E-state index is 7.46. The zero-order valence-electron chi connectivity index (χ0n) is 12.8. The van der Waals surface area contributed by atoms with Crippen LogP contribution >= 0.6 is 0 Å². The van der Waals surface area contributed by atoms with Gasteiger partial charge in [0, 0.05) is 8.78 Å². The first kappa shape index (κ1) is 6.38. The maximum Gasteiger partial charge on any atom is 0.231 e. The number of hydrogen-bond acceptors (Lipinski definition) is 3. The van der Waals surface area contributed by atoms with E-state index < -0.39 is 13.2 Å². The van der Waals surface area contributed by atoms with Crippen molar-refractivity contribution < 1.29 is 15.0 Å². The summed E-state index contributed by atoms with van der Waals surface area (Å²) in [6, 6.07) is 5.18. The molecule has 15 heavy (non-hydrogen) atoms. The average Bonchev–Trinajstić information content (AvgIpc) is 2.47. The van der Waals surface area contributed by atoms with Gasteiger partial charge in [0.05, 0.1) is 0 Å². The van der Waals surface area contributed by atoms with Crippen molar-refractivity contribution in [3.05, 3.63) is 23.8 Å². The van der Waals surface area contributed by atoms with Crippen LogP contribution in [0.25, 0.3) is 0 Å². The predicted molar refractivity (Wildman–Crippen MR) is 59.4 cm³/mol. The summed E-state index contributed by atoms with van der Waals surface area (Å²) in [5.74, 6) is 0.773. The Morgan fingerprint density at radius 2 is 2.33 bits per heavy atom. The van der Waals surface area contributed by atoms with E-state index in [0.29, 0.717) is 17.9 Å². The van der Waals surface area contributed by atoms with Crippen LogP contribution in [0.15, 0.2) is 18.2 Å². The first-order valence-corrected chi connectivity index (χ1v) is 4.93. The molecule has 0 saturated heterocycles. The minimum atomic E-state index is -2.11. The first-order chi connectivity index (χ1) is 8.65. The Labute approximate surface area is 96.0 Å². The molecule has 0 spiro atoms. The van der Waals surface area contributed by atoms with Gasteiger partial charge in [0.1, 0.15) is 2.74 Å². The van der Waals surface area contributed by atoms with Gasteiger partial charge in [-0.1, -0.05) is 13.0 Å². The molecule has 0 amide bonds. The van der Waals surface area contributed by atoms with Gasteiger partial charge in [0.25, 0.3) is 0 Å². The summed E-state index contributed by atoms with van der Waals surface area (Å²) in [5.41, 5.74) is 0.935. The minimum absolute atomic E-state index is 0.0443. The molecule has 0 radical (unpaired) electrons. The number of ether oxygens (including phenoxy) is 2. The number of hydrogen-bond donors (Lipinski definition) is 1. The number of fused-ring (bicyclic) bond motifs is 1. The molecule has 1 heterocycles. The van der Waals surface area contributed by atoms with Crippen LogP contribution in [0.3, 0.4) is 0 Å². The molecule has 82 valence electrons. The lowest BCUT2D eigenvalue weighted by Gasteiger charge is -2.12. The Bertz CT molecular complexity index is 473. The summed E-state index contributed by atoms with van der Waals surface area (Å²) in [7, 11) is 0. The summed E-state index contributed by atoms with van der Waals surface area (Å²) >= 11 is 0. The molecule has 0 unspecified atom stereocenters. The van der Waals surface area contributed by atoms with Crippen molar-refractivity contribution in [2.45, 2.75) is 26.3 Å². The average molecular weight is 211 g/mol. The van der Waals surface area contributed by atoms with Crippen molar-refractivity contribution in [1.82, 2.24) is 5.32 Å². The molecule has 3 heteroatoms. The quantitative estimate of drug-likeness (QED) is 0.825. The van der Waals surface area contributed by atoms with Crippen LogP contribution in [0, 0.1) is 0 Å². The molecule has 0 aromatic heterocycles. The van der Waals surface area contributed by atoms with Gasteiger partial charge in [-0.3, -0.25) is 0 Å². The highest BCUT2D eigenvalue weighted by molar-refractivity contribution is 5.44. The van der Waals surface area contributed by atoms with Crippen LogP contribution in [-0.4, -0.2) is 19.3 Å². The third-order valence-corrected chi connectivity index (χ3v) is 2.24. The van der Waals surface area contributed by atoms with Crippen molar-refractivity contribution >= 4 is 0 Å². The molecular formula is C12H17NO2. The van der Waals surface area contributed by atoms with E-state index in [1.165, 1.54) is 6.92 Å². The highest BCUT2D eigenvalue weighted by atomic mass is 16.7. The van der Waals surface area contributed by atoms with E-state index in [4.69, 9.17) is 15.0 Å². The van der Waals surface area contributed by atoms with E-state index in [1.807, 2.05) is 13.0 Å². The molecule has 0 fully saturated rings. The second-order valence-corrected chi connectivity index (χ2v) is 3.57. The van der Waals surface area contributed by atoms with Gasteiger partial charge in [-0.25, -0.2) is 0 Å². The van der Waals surface area contributed by atoms with Gasteiger partial charge in [-0.05, 0) is 37.5 Å². The van der Waals surface area contributed by atoms with E-state index >= 15 is 0 Å². The topological polar surface area (TPSA) is 30.5 Å². The van der Waals surface area contributed by atoms with E-state index in [2.05, 4.69) is 5.32 Å². The normalized spacial score (nSPS) is 23.6. The standard InChI is InChI=1S/C12H17NO2/c1-3-13-9(2)6-10-4-5-11-12(7-10)15-8-14-11/h4-5,7,9,13H,3,6,8H2,1-2H3/t9-/m0/s1/i3D2,8D2. The van der Waals surface area contributed by atoms with E-state index in [9.17, 15) is 0 Å². The van der Waals surface area contributed by atoms with Crippen LogP contribution in [0.1, 0.15) is 24.9 Å². The van der Waals surface area contributed by atoms with Crippen LogP contribution in [0.4, 0.5) is 0 Å². The Balaban J connectivity index is 2.04. The van der Waals surface area contributed by atoms with Crippen molar-refractivity contribution in [3.63, 3.8) is 0 Å². The van der Waals surface area contributed by atoms with Crippen molar-refractivity contribution in [2.75, 3.05) is 13.2 Å². The smallest absolute Gasteiger partial charge is 0.231 e. The number of rotatable bonds is 4. The molecule has 1 aliphatic heterocycles.